The summed E-state index contributed by atoms with van der Waals surface area (Å²) in [5.74, 6) is 1.23. The van der Waals surface area contributed by atoms with Gasteiger partial charge in [0.1, 0.15) is 11.5 Å². The Bertz CT molecular complexity index is 881. The van der Waals surface area contributed by atoms with Crippen molar-refractivity contribution in [2.75, 3.05) is 12.4 Å². The van der Waals surface area contributed by atoms with E-state index in [1.165, 1.54) is 6.26 Å². The van der Waals surface area contributed by atoms with E-state index in [0.29, 0.717) is 11.5 Å². The molecule has 1 heterocycles. The van der Waals surface area contributed by atoms with E-state index in [0.717, 1.165) is 15.7 Å². The van der Waals surface area contributed by atoms with Gasteiger partial charge in [-0.15, -0.1) is 0 Å². The van der Waals surface area contributed by atoms with E-state index in [2.05, 4.69) is 21.2 Å². The summed E-state index contributed by atoms with van der Waals surface area (Å²) in [6.45, 7) is 0. The summed E-state index contributed by atoms with van der Waals surface area (Å²) >= 11 is 3.47. The average Bonchev–Trinajstić information content (AvgIpc) is 3.20. The molecule has 0 fully saturated rings. The second kappa shape index (κ2) is 8.73. The third-order valence-electron chi connectivity index (χ3n) is 4.30. The highest BCUT2D eigenvalue weighted by Crippen LogP contribution is 2.29. The topological polar surface area (TPSA) is 77.5 Å². The van der Waals surface area contributed by atoms with Gasteiger partial charge in [0.25, 0.3) is 0 Å². The minimum Gasteiger partial charge on any atom is -0.497 e. The Morgan fingerprint density at radius 2 is 1.89 bits per heavy atom. The zero-order chi connectivity index (χ0) is 19.2. The van der Waals surface area contributed by atoms with Crippen molar-refractivity contribution in [2.24, 2.45) is 0 Å². The van der Waals surface area contributed by atoms with Crippen LogP contribution in [0.25, 0.3) is 0 Å². The molecule has 0 unspecified atom stereocenters. The van der Waals surface area contributed by atoms with Crippen LogP contribution in [-0.2, 0) is 6.42 Å². The van der Waals surface area contributed by atoms with Gasteiger partial charge in [-0.2, -0.15) is 0 Å². The second-order valence-corrected chi connectivity index (χ2v) is 6.87. The molecule has 27 heavy (non-hydrogen) atoms. The van der Waals surface area contributed by atoms with Crippen molar-refractivity contribution in [3.05, 3.63) is 92.8 Å². The first-order chi connectivity index (χ1) is 13.1. The van der Waals surface area contributed by atoms with Gasteiger partial charge in [0.05, 0.1) is 13.4 Å². The highest BCUT2D eigenvalue weighted by atomic mass is 79.9. The Morgan fingerprint density at radius 1 is 1.15 bits per heavy atom. The van der Waals surface area contributed by atoms with Crippen LogP contribution in [0.4, 0.5) is 5.69 Å². The van der Waals surface area contributed by atoms with Gasteiger partial charge in [0, 0.05) is 21.5 Å². The second-order valence-electron chi connectivity index (χ2n) is 6.01. The zero-order valence-electron chi connectivity index (χ0n) is 14.7. The number of halogens is 1. The Hall–Kier alpha value is -2.80. The van der Waals surface area contributed by atoms with Gasteiger partial charge in [-0.25, -0.2) is 0 Å². The van der Waals surface area contributed by atoms with Crippen molar-refractivity contribution < 1.29 is 14.1 Å². The number of hydrogen-bond acceptors (Lipinski definition) is 5. The lowest BCUT2D eigenvalue weighted by atomic mass is 9.97. The zero-order valence-corrected chi connectivity index (χ0v) is 16.3. The predicted octanol–water partition coefficient (Wildman–Crippen LogP) is 5.09. The maximum absolute atomic E-state index is 11.9. The van der Waals surface area contributed by atoms with Crippen molar-refractivity contribution in [1.82, 2.24) is 0 Å². The SMILES string of the molecule is COc1ccc(N[C@H](c2ccco2)[C@H](Cc2ccccc2Br)[N+](=O)[O-])cc1. The fraction of sp³-hybridized carbons (Fsp3) is 0.200. The molecule has 1 aromatic heterocycles. The van der Waals surface area contributed by atoms with E-state index in [9.17, 15) is 10.1 Å². The molecule has 0 amide bonds. The molecule has 0 radical (unpaired) electrons. The van der Waals surface area contributed by atoms with Crippen molar-refractivity contribution in [3.63, 3.8) is 0 Å². The van der Waals surface area contributed by atoms with Crippen LogP contribution in [0, 0.1) is 10.1 Å². The Balaban J connectivity index is 1.91. The van der Waals surface area contributed by atoms with Crippen molar-refractivity contribution >= 4 is 21.6 Å². The molecule has 0 spiro atoms. The van der Waals surface area contributed by atoms with E-state index < -0.39 is 12.1 Å². The Morgan fingerprint density at radius 3 is 2.48 bits per heavy atom. The van der Waals surface area contributed by atoms with Gasteiger partial charge >= 0.3 is 0 Å². The largest absolute Gasteiger partial charge is 0.497 e. The molecule has 0 aliphatic rings. The predicted molar refractivity (Wildman–Crippen MR) is 107 cm³/mol. The first-order valence-corrected chi connectivity index (χ1v) is 9.18. The van der Waals surface area contributed by atoms with E-state index in [-0.39, 0.29) is 11.3 Å². The number of furan rings is 1. The lowest BCUT2D eigenvalue weighted by Gasteiger charge is -2.22. The number of nitrogens with zero attached hydrogens (tertiary/aromatic N) is 1. The number of rotatable bonds is 8. The number of benzene rings is 2. The third-order valence-corrected chi connectivity index (χ3v) is 5.08. The summed E-state index contributed by atoms with van der Waals surface area (Å²) < 4.78 is 11.5. The highest BCUT2D eigenvalue weighted by molar-refractivity contribution is 9.10. The van der Waals surface area contributed by atoms with E-state index in [1.54, 1.807) is 31.4 Å². The summed E-state index contributed by atoms with van der Waals surface area (Å²) in [5.41, 5.74) is 1.61. The van der Waals surface area contributed by atoms with Crippen LogP contribution in [0.15, 0.2) is 75.8 Å². The maximum atomic E-state index is 11.9. The first-order valence-electron chi connectivity index (χ1n) is 8.39. The number of methoxy groups -OCH3 is 1. The molecule has 140 valence electrons. The summed E-state index contributed by atoms with van der Waals surface area (Å²) in [7, 11) is 1.59. The van der Waals surface area contributed by atoms with Gasteiger partial charge in [-0.3, -0.25) is 10.1 Å². The summed E-state index contributed by atoms with van der Waals surface area (Å²) in [6.07, 6.45) is 1.77. The Kier molecular flexibility index (Phi) is 6.13. The van der Waals surface area contributed by atoms with Crippen LogP contribution in [0.3, 0.4) is 0 Å². The minimum atomic E-state index is -0.919. The average molecular weight is 431 g/mol. The van der Waals surface area contributed by atoms with Crippen LogP contribution in [0.1, 0.15) is 17.4 Å². The van der Waals surface area contributed by atoms with E-state index in [4.69, 9.17) is 9.15 Å². The maximum Gasteiger partial charge on any atom is 0.244 e. The standard InChI is InChI=1S/C20H19BrN2O4/c1-26-16-10-8-15(9-11-16)22-20(19-7-4-12-27-19)18(23(24)25)13-14-5-2-3-6-17(14)21/h2-12,18,20,22H,13H2,1H3/t18-,20-/m0/s1. The number of anilines is 1. The summed E-state index contributed by atoms with van der Waals surface area (Å²) in [6, 6.07) is 16.7. The molecule has 1 N–H and O–H groups in total. The van der Waals surface area contributed by atoms with Crippen molar-refractivity contribution in [2.45, 2.75) is 18.5 Å². The Labute approximate surface area is 165 Å². The van der Waals surface area contributed by atoms with Crippen LogP contribution < -0.4 is 10.1 Å². The van der Waals surface area contributed by atoms with Crippen LogP contribution >= 0.6 is 15.9 Å². The molecule has 0 saturated carbocycles. The molecule has 0 saturated heterocycles. The number of nitro groups is 1. The van der Waals surface area contributed by atoms with E-state index >= 15 is 0 Å². The molecule has 2 aromatic carbocycles. The number of hydrogen-bond donors (Lipinski definition) is 1. The molecular weight excluding hydrogens is 412 g/mol. The highest BCUT2D eigenvalue weighted by Gasteiger charge is 2.35. The van der Waals surface area contributed by atoms with Crippen LogP contribution in [0.2, 0.25) is 0 Å². The van der Waals surface area contributed by atoms with Crippen LogP contribution in [-0.4, -0.2) is 18.1 Å². The van der Waals surface area contributed by atoms with Gasteiger partial charge in [-0.1, -0.05) is 34.1 Å². The molecule has 3 rings (SSSR count). The van der Waals surface area contributed by atoms with Gasteiger partial charge in [0.2, 0.25) is 6.04 Å². The fourth-order valence-electron chi connectivity index (χ4n) is 2.90. The molecule has 6 nitrogen and oxygen atoms in total. The lowest BCUT2D eigenvalue weighted by molar-refractivity contribution is -0.525. The molecule has 0 aliphatic carbocycles. The van der Waals surface area contributed by atoms with Crippen LogP contribution in [0.5, 0.6) is 5.75 Å². The number of ether oxygens (including phenoxy) is 1. The number of nitrogens with one attached hydrogen (secondary N) is 1. The van der Waals surface area contributed by atoms with Gasteiger partial charge in [-0.05, 0) is 48.0 Å². The molecule has 0 bridgehead atoms. The molecule has 0 aliphatic heterocycles. The monoisotopic (exact) mass is 430 g/mol. The molecule has 3 aromatic rings. The summed E-state index contributed by atoms with van der Waals surface area (Å²) in [4.78, 5) is 11.7. The summed E-state index contributed by atoms with van der Waals surface area (Å²) in [5, 5.41) is 15.2. The first kappa shape index (κ1) is 19.0. The van der Waals surface area contributed by atoms with Crippen molar-refractivity contribution in [3.8, 4) is 5.75 Å². The van der Waals surface area contributed by atoms with Crippen molar-refractivity contribution in [1.29, 1.82) is 0 Å². The lowest BCUT2D eigenvalue weighted by Crippen LogP contribution is -2.34. The van der Waals surface area contributed by atoms with E-state index in [1.807, 2.05) is 36.4 Å². The van der Waals surface area contributed by atoms with Gasteiger partial charge in [0.15, 0.2) is 6.04 Å². The fourth-order valence-corrected chi connectivity index (χ4v) is 3.34. The molecule has 2 atom stereocenters. The smallest absolute Gasteiger partial charge is 0.244 e. The normalized spacial score (nSPS) is 13.0. The van der Waals surface area contributed by atoms with Gasteiger partial charge < -0.3 is 14.5 Å². The minimum absolute atomic E-state index is 0.253. The quantitative estimate of drug-likeness (QED) is 0.397. The molecular formula is C20H19BrN2O4. The third kappa shape index (κ3) is 4.68. The molecule has 7 heteroatoms.